The molecule has 0 aliphatic heterocycles. The van der Waals surface area contributed by atoms with E-state index in [2.05, 4.69) is 17.3 Å². The molecule has 0 radical (unpaired) electrons. The zero-order valence-electron chi connectivity index (χ0n) is 20.6. The highest BCUT2D eigenvalue weighted by atomic mass is 19.1. The van der Waals surface area contributed by atoms with Gasteiger partial charge in [0.2, 0.25) is 5.91 Å². The first-order valence-corrected chi connectivity index (χ1v) is 12.0. The van der Waals surface area contributed by atoms with Gasteiger partial charge >= 0.3 is 0 Å². The highest BCUT2D eigenvalue weighted by molar-refractivity contribution is 5.99. The monoisotopic (exact) mass is 484 g/mol. The number of carbonyl (C=O) groups excluding carboxylic acids is 2. The van der Waals surface area contributed by atoms with Gasteiger partial charge in [-0.1, -0.05) is 49.4 Å². The number of rotatable bonds is 8. The lowest BCUT2D eigenvalue weighted by atomic mass is 10.1. The molecule has 6 nitrogen and oxygen atoms in total. The number of carbonyl (C=O) groups is 2. The number of benzene rings is 3. The van der Waals surface area contributed by atoms with Crippen LogP contribution in [0.15, 0.2) is 84.9 Å². The van der Waals surface area contributed by atoms with Crippen molar-refractivity contribution in [3.63, 3.8) is 0 Å². The molecule has 1 aromatic heterocycles. The van der Waals surface area contributed by atoms with Crippen molar-refractivity contribution >= 4 is 17.6 Å². The predicted octanol–water partition coefficient (Wildman–Crippen LogP) is 5.73. The van der Waals surface area contributed by atoms with E-state index in [0.29, 0.717) is 22.8 Å². The van der Waals surface area contributed by atoms with E-state index in [4.69, 9.17) is 0 Å². The number of hydrogen-bond donors (Lipinski definition) is 1. The summed E-state index contributed by atoms with van der Waals surface area (Å²) in [5.41, 5.74) is 3.81. The Hall–Kier alpha value is -4.26. The molecule has 0 aliphatic rings. The maximum atomic E-state index is 13.5. The second-order valence-electron chi connectivity index (χ2n) is 8.79. The van der Waals surface area contributed by atoms with Crippen LogP contribution in [0.2, 0.25) is 0 Å². The number of nitrogens with one attached hydrogen (secondary N) is 1. The smallest absolute Gasteiger partial charge is 0.254 e. The number of hydrogen-bond acceptors (Lipinski definition) is 3. The summed E-state index contributed by atoms with van der Waals surface area (Å²) in [5.74, 6) is -0.503. The SMILES string of the molecule is CCc1ccc(C(=O)N(CC(=O)Nc2cc(-c3ccccc3)nn2-c2ccc(F)cc2)C(C)C)cc1. The van der Waals surface area contributed by atoms with Crippen LogP contribution in [0.4, 0.5) is 10.2 Å². The Kier molecular flexibility index (Phi) is 7.59. The molecule has 0 aliphatic carbocycles. The summed E-state index contributed by atoms with van der Waals surface area (Å²) in [6.45, 7) is 5.69. The molecule has 4 rings (SSSR count). The molecule has 4 aromatic rings. The van der Waals surface area contributed by atoms with Crippen molar-refractivity contribution in [2.24, 2.45) is 0 Å². The third-order valence-electron chi connectivity index (χ3n) is 5.92. The third kappa shape index (κ3) is 5.68. The zero-order chi connectivity index (χ0) is 25.7. The molecule has 0 unspecified atom stereocenters. The summed E-state index contributed by atoms with van der Waals surface area (Å²) >= 11 is 0. The van der Waals surface area contributed by atoms with E-state index in [9.17, 15) is 14.0 Å². The van der Waals surface area contributed by atoms with Gasteiger partial charge in [-0.25, -0.2) is 9.07 Å². The molecule has 7 heteroatoms. The van der Waals surface area contributed by atoms with Crippen molar-refractivity contribution in [3.05, 3.63) is 102 Å². The molecule has 0 spiro atoms. The maximum absolute atomic E-state index is 13.5. The molecule has 3 aromatic carbocycles. The molecule has 0 atom stereocenters. The van der Waals surface area contributed by atoms with E-state index >= 15 is 0 Å². The number of amides is 2. The fourth-order valence-corrected chi connectivity index (χ4v) is 3.87. The lowest BCUT2D eigenvalue weighted by Gasteiger charge is -2.26. The lowest BCUT2D eigenvalue weighted by Crippen LogP contribution is -2.42. The number of aromatic nitrogens is 2. The second kappa shape index (κ2) is 11.0. The van der Waals surface area contributed by atoms with Gasteiger partial charge in [-0.2, -0.15) is 5.10 Å². The molecule has 0 saturated carbocycles. The molecule has 0 saturated heterocycles. The number of nitrogens with zero attached hydrogens (tertiary/aromatic N) is 3. The average molecular weight is 485 g/mol. The number of anilines is 1. The normalized spacial score (nSPS) is 10.9. The van der Waals surface area contributed by atoms with Crippen LogP contribution in [0, 0.1) is 5.82 Å². The summed E-state index contributed by atoms with van der Waals surface area (Å²) < 4.78 is 15.1. The van der Waals surface area contributed by atoms with E-state index in [1.807, 2.05) is 56.3 Å². The molecule has 1 heterocycles. The quantitative estimate of drug-likeness (QED) is 0.347. The van der Waals surface area contributed by atoms with Crippen LogP contribution in [0.1, 0.15) is 36.7 Å². The fourth-order valence-electron chi connectivity index (χ4n) is 3.87. The standard InChI is InChI=1S/C29H29FN4O2/c1-4-21-10-12-23(13-11-21)29(36)33(20(2)3)19-28(35)31-27-18-26(22-8-6-5-7-9-22)32-34(27)25-16-14-24(30)15-17-25/h5-18,20H,4,19H2,1-3H3,(H,31,35). The molecular formula is C29H29FN4O2. The van der Waals surface area contributed by atoms with E-state index in [1.165, 1.54) is 17.0 Å². The van der Waals surface area contributed by atoms with Crippen molar-refractivity contribution in [1.29, 1.82) is 0 Å². The average Bonchev–Trinajstić information content (AvgIpc) is 3.31. The van der Waals surface area contributed by atoms with Crippen molar-refractivity contribution in [1.82, 2.24) is 14.7 Å². The first-order valence-electron chi connectivity index (χ1n) is 12.0. The zero-order valence-corrected chi connectivity index (χ0v) is 20.6. The van der Waals surface area contributed by atoms with E-state index in [1.54, 1.807) is 35.0 Å². The fraction of sp³-hybridized carbons (Fsp3) is 0.207. The molecule has 1 N–H and O–H groups in total. The van der Waals surface area contributed by atoms with Crippen LogP contribution in [-0.4, -0.2) is 39.1 Å². The minimum atomic E-state index is -0.363. The van der Waals surface area contributed by atoms with Gasteiger partial charge in [-0.15, -0.1) is 0 Å². The Balaban J connectivity index is 1.59. The number of halogens is 1. The molecule has 0 fully saturated rings. The van der Waals surface area contributed by atoms with Crippen LogP contribution < -0.4 is 5.32 Å². The van der Waals surface area contributed by atoms with E-state index in [-0.39, 0.29) is 30.2 Å². The lowest BCUT2D eigenvalue weighted by molar-refractivity contribution is -0.117. The largest absolute Gasteiger partial charge is 0.327 e. The Labute approximate surface area is 210 Å². The van der Waals surface area contributed by atoms with E-state index in [0.717, 1.165) is 17.5 Å². The summed E-state index contributed by atoms with van der Waals surface area (Å²) in [4.78, 5) is 27.9. The second-order valence-corrected chi connectivity index (χ2v) is 8.79. The van der Waals surface area contributed by atoms with Crippen LogP contribution in [0.5, 0.6) is 0 Å². The van der Waals surface area contributed by atoms with Gasteiger partial charge < -0.3 is 10.2 Å². The van der Waals surface area contributed by atoms with Gasteiger partial charge in [0, 0.05) is 23.2 Å². The van der Waals surface area contributed by atoms with Gasteiger partial charge in [0.1, 0.15) is 18.2 Å². The number of aryl methyl sites for hydroxylation is 1. The topological polar surface area (TPSA) is 67.2 Å². The summed E-state index contributed by atoms with van der Waals surface area (Å²) in [7, 11) is 0. The van der Waals surface area contributed by atoms with Crippen molar-refractivity contribution in [3.8, 4) is 16.9 Å². The molecule has 2 amide bonds. The molecule has 184 valence electrons. The minimum Gasteiger partial charge on any atom is -0.327 e. The van der Waals surface area contributed by atoms with Gasteiger partial charge in [-0.05, 0) is 62.2 Å². The Morgan fingerprint density at radius 2 is 1.64 bits per heavy atom. The van der Waals surface area contributed by atoms with Crippen LogP contribution >= 0.6 is 0 Å². The Morgan fingerprint density at radius 3 is 2.25 bits per heavy atom. The first kappa shape index (κ1) is 24.9. The van der Waals surface area contributed by atoms with Gasteiger partial charge in [0.25, 0.3) is 5.91 Å². The highest BCUT2D eigenvalue weighted by Crippen LogP contribution is 2.25. The summed E-state index contributed by atoms with van der Waals surface area (Å²) in [6.07, 6.45) is 0.886. The summed E-state index contributed by atoms with van der Waals surface area (Å²) in [6, 6.07) is 24.5. The van der Waals surface area contributed by atoms with Crippen LogP contribution in [0.25, 0.3) is 16.9 Å². The third-order valence-corrected chi connectivity index (χ3v) is 5.92. The Morgan fingerprint density at radius 1 is 0.972 bits per heavy atom. The first-order chi connectivity index (χ1) is 17.4. The molecule has 0 bridgehead atoms. The molecule has 36 heavy (non-hydrogen) atoms. The minimum absolute atomic E-state index is 0.124. The van der Waals surface area contributed by atoms with Crippen molar-refractivity contribution in [2.75, 3.05) is 11.9 Å². The maximum Gasteiger partial charge on any atom is 0.254 e. The van der Waals surface area contributed by atoms with Crippen LogP contribution in [0.3, 0.4) is 0 Å². The van der Waals surface area contributed by atoms with Gasteiger partial charge in [0.15, 0.2) is 0 Å². The van der Waals surface area contributed by atoms with Crippen molar-refractivity contribution < 1.29 is 14.0 Å². The highest BCUT2D eigenvalue weighted by Gasteiger charge is 2.23. The predicted molar refractivity (Wildman–Crippen MR) is 140 cm³/mol. The van der Waals surface area contributed by atoms with Gasteiger partial charge in [-0.3, -0.25) is 9.59 Å². The molecular weight excluding hydrogens is 455 g/mol. The Bertz CT molecular complexity index is 1330. The van der Waals surface area contributed by atoms with Crippen molar-refractivity contribution in [2.45, 2.75) is 33.2 Å². The summed E-state index contributed by atoms with van der Waals surface area (Å²) in [5, 5.41) is 7.54. The van der Waals surface area contributed by atoms with E-state index < -0.39 is 0 Å². The van der Waals surface area contributed by atoms with Gasteiger partial charge in [0.05, 0.1) is 11.4 Å². The van der Waals surface area contributed by atoms with Crippen LogP contribution in [-0.2, 0) is 11.2 Å².